The molecular weight excluding hydrogens is 464 g/mol. The Morgan fingerprint density at radius 2 is 1.75 bits per heavy atom. The van der Waals surface area contributed by atoms with Gasteiger partial charge in [-0.25, -0.2) is 4.79 Å². The van der Waals surface area contributed by atoms with Crippen molar-refractivity contribution in [3.05, 3.63) is 75.0 Å². The molecule has 0 saturated carbocycles. The first-order valence-electron chi connectivity index (χ1n) is 11.4. The number of hydrogen-bond donors (Lipinski definition) is 3. The van der Waals surface area contributed by atoms with Gasteiger partial charge in [-0.15, -0.1) is 0 Å². The number of carboxylic acids is 1. The molecule has 3 heterocycles. The molecule has 2 aromatic carbocycles. The maximum atomic E-state index is 12.8. The summed E-state index contributed by atoms with van der Waals surface area (Å²) >= 11 is 0. The van der Waals surface area contributed by atoms with Crippen molar-refractivity contribution in [2.45, 2.75) is 39.7 Å². The van der Waals surface area contributed by atoms with E-state index in [-0.39, 0.29) is 24.2 Å². The fourth-order valence-electron chi connectivity index (χ4n) is 4.58. The Morgan fingerprint density at radius 3 is 2.50 bits per heavy atom. The number of phenols is 1. The molecule has 5 rings (SSSR count). The first-order chi connectivity index (χ1) is 17.1. The van der Waals surface area contributed by atoms with E-state index in [2.05, 4.69) is 10.3 Å². The van der Waals surface area contributed by atoms with E-state index in [1.165, 1.54) is 12.1 Å². The number of carbonyl (C=O) groups is 2. The molecule has 0 bridgehead atoms. The van der Waals surface area contributed by atoms with Crippen LogP contribution in [0.15, 0.2) is 50.2 Å². The fraction of sp³-hybridized carbons (Fsp3) is 0.222. The predicted octanol–water partition coefficient (Wildman–Crippen LogP) is 2.67. The van der Waals surface area contributed by atoms with Crippen molar-refractivity contribution in [3.63, 3.8) is 0 Å². The van der Waals surface area contributed by atoms with Crippen molar-refractivity contribution in [1.82, 2.24) is 10.3 Å². The minimum absolute atomic E-state index is 0.0361. The summed E-state index contributed by atoms with van der Waals surface area (Å²) in [5.41, 5.74) is 3.27. The third-order valence-electron chi connectivity index (χ3n) is 6.71. The molecular formula is C27H23N2O7-. The molecule has 0 fully saturated rings. The lowest BCUT2D eigenvalue weighted by Gasteiger charge is -2.20. The van der Waals surface area contributed by atoms with Gasteiger partial charge in [0.15, 0.2) is 0 Å². The molecule has 3 aromatic heterocycles. The van der Waals surface area contributed by atoms with Gasteiger partial charge >= 0.3 is 5.63 Å². The first-order valence-corrected chi connectivity index (χ1v) is 11.4. The molecule has 1 atom stereocenters. The summed E-state index contributed by atoms with van der Waals surface area (Å²) < 4.78 is 11.2. The van der Waals surface area contributed by atoms with Gasteiger partial charge in [-0.05, 0) is 61.7 Å². The van der Waals surface area contributed by atoms with Crippen LogP contribution < -0.4 is 16.0 Å². The van der Waals surface area contributed by atoms with Gasteiger partial charge < -0.3 is 34.1 Å². The van der Waals surface area contributed by atoms with Gasteiger partial charge in [-0.3, -0.25) is 4.79 Å². The molecule has 36 heavy (non-hydrogen) atoms. The van der Waals surface area contributed by atoms with E-state index < -0.39 is 23.5 Å². The van der Waals surface area contributed by atoms with Crippen molar-refractivity contribution < 1.29 is 28.6 Å². The first kappa shape index (κ1) is 23.2. The highest BCUT2D eigenvalue weighted by Crippen LogP contribution is 2.31. The average molecular weight is 487 g/mol. The summed E-state index contributed by atoms with van der Waals surface area (Å²) in [4.78, 5) is 40.4. The average Bonchev–Trinajstić information content (AvgIpc) is 3.34. The topological polar surface area (TPSA) is 149 Å². The highest BCUT2D eigenvalue weighted by molar-refractivity contribution is 5.97. The highest BCUT2D eigenvalue weighted by atomic mass is 16.4. The minimum atomic E-state index is -1.46. The van der Waals surface area contributed by atoms with Gasteiger partial charge in [0.05, 0.1) is 24.0 Å². The molecule has 9 nitrogen and oxygen atoms in total. The van der Waals surface area contributed by atoms with Crippen molar-refractivity contribution >= 4 is 44.7 Å². The standard InChI is InChI=1S/C27H24N2O7/c1-12-14(3)35-23-10-24-18(8-17(12)23)13(2)19(27(34)36-24)9-25(31)29-22(26(32)33)6-15-11-28-21-5-4-16(30)7-20(15)21/h4-5,7-8,10-11,22,28,30H,6,9H2,1-3H3,(H,29,31)(H,32,33)/p-1/t22-/m0/s1. The third kappa shape index (κ3) is 3.98. The summed E-state index contributed by atoms with van der Waals surface area (Å²) in [6.07, 6.45) is 1.19. The third-order valence-corrected chi connectivity index (χ3v) is 6.71. The predicted molar refractivity (Wildman–Crippen MR) is 131 cm³/mol. The zero-order valence-corrected chi connectivity index (χ0v) is 19.9. The van der Waals surface area contributed by atoms with Crippen LogP contribution in [0.2, 0.25) is 0 Å². The molecule has 0 saturated heterocycles. The van der Waals surface area contributed by atoms with Crippen LogP contribution >= 0.6 is 0 Å². The summed E-state index contributed by atoms with van der Waals surface area (Å²) in [6.45, 7) is 5.51. The number of carbonyl (C=O) groups excluding carboxylic acids is 2. The molecule has 9 heteroatoms. The Kier molecular flexibility index (Phi) is 5.55. The SMILES string of the molecule is Cc1oc2cc3oc(=O)c(CC(=O)N[C@@H](Cc4c[nH]c5ccc(O)cc45)C(=O)[O-])c(C)c3cc2c1C. The van der Waals surface area contributed by atoms with Crippen LogP contribution in [0.25, 0.3) is 32.8 Å². The number of hydrogen-bond acceptors (Lipinski definition) is 7. The largest absolute Gasteiger partial charge is 0.548 e. The van der Waals surface area contributed by atoms with Crippen molar-refractivity contribution in [2.24, 2.45) is 0 Å². The Bertz CT molecular complexity index is 1740. The van der Waals surface area contributed by atoms with Crippen LogP contribution in [-0.4, -0.2) is 28.0 Å². The van der Waals surface area contributed by atoms with Crippen LogP contribution in [0, 0.1) is 20.8 Å². The highest BCUT2D eigenvalue weighted by Gasteiger charge is 2.21. The number of fused-ring (bicyclic) bond motifs is 3. The van der Waals surface area contributed by atoms with Gasteiger partial charge in [0.2, 0.25) is 5.91 Å². The summed E-state index contributed by atoms with van der Waals surface area (Å²) in [5.74, 6) is -1.32. The molecule has 0 aliphatic carbocycles. The van der Waals surface area contributed by atoms with E-state index in [0.717, 1.165) is 16.7 Å². The van der Waals surface area contributed by atoms with Crippen LogP contribution in [-0.2, 0) is 22.4 Å². The number of furan rings is 1. The monoisotopic (exact) mass is 487 g/mol. The number of rotatable bonds is 6. The number of aromatic nitrogens is 1. The summed E-state index contributed by atoms with van der Waals surface area (Å²) in [5, 5.41) is 26.2. The number of H-pyrrole nitrogens is 1. The van der Waals surface area contributed by atoms with Crippen molar-refractivity contribution in [2.75, 3.05) is 0 Å². The number of amides is 1. The van der Waals surface area contributed by atoms with Gasteiger partial charge in [-0.1, -0.05) is 0 Å². The number of phenolic OH excluding ortho intramolecular Hbond substituents is 1. The van der Waals surface area contributed by atoms with Gasteiger partial charge in [0.25, 0.3) is 0 Å². The molecule has 0 spiro atoms. The van der Waals surface area contributed by atoms with Crippen LogP contribution in [0.4, 0.5) is 0 Å². The second-order valence-electron chi connectivity index (χ2n) is 8.98. The number of nitrogens with one attached hydrogen (secondary N) is 2. The lowest BCUT2D eigenvalue weighted by molar-refractivity contribution is -0.308. The van der Waals surface area contributed by atoms with Crippen LogP contribution in [0.3, 0.4) is 0 Å². The number of aromatic amines is 1. The Morgan fingerprint density at radius 1 is 1.03 bits per heavy atom. The van der Waals surface area contributed by atoms with E-state index in [9.17, 15) is 24.6 Å². The van der Waals surface area contributed by atoms with Gasteiger partial charge in [-0.2, -0.15) is 0 Å². The molecule has 0 aliphatic rings. The number of aromatic hydroxyl groups is 1. The van der Waals surface area contributed by atoms with Crippen LogP contribution in [0.1, 0.15) is 28.0 Å². The van der Waals surface area contributed by atoms with Crippen molar-refractivity contribution in [1.29, 1.82) is 0 Å². The van der Waals surface area contributed by atoms with Crippen molar-refractivity contribution in [3.8, 4) is 5.75 Å². The zero-order chi connectivity index (χ0) is 25.7. The summed E-state index contributed by atoms with van der Waals surface area (Å²) in [6, 6.07) is 6.88. The molecule has 5 aromatic rings. The van der Waals surface area contributed by atoms with Crippen LogP contribution in [0.5, 0.6) is 5.75 Å². The molecule has 184 valence electrons. The molecule has 0 unspecified atom stereocenters. The second kappa shape index (κ2) is 8.60. The zero-order valence-electron chi connectivity index (χ0n) is 19.9. The van der Waals surface area contributed by atoms with E-state index >= 15 is 0 Å². The number of aliphatic carboxylic acids is 1. The Balaban J connectivity index is 1.42. The maximum absolute atomic E-state index is 12.8. The Labute approximate surface area is 204 Å². The second-order valence-corrected chi connectivity index (χ2v) is 8.98. The van der Waals surface area contributed by atoms with E-state index in [4.69, 9.17) is 8.83 Å². The number of carboxylic acid groups (broad SMARTS) is 1. The normalized spacial score (nSPS) is 12.4. The van der Waals surface area contributed by atoms with E-state index in [1.807, 2.05) is 19.9 Å². The smallest absolute Gasteiger partial charge is 0.340 e. The molecule has 1 amide bonds. The summed E-state index contributed by atoms with van der Waals surface area (Å²) in [7, 11) is 0. The Hall–Kier alpha value is -4.53. The lowest BCUT2D eigenvalue weighted by Crippen LogP contribution is -2.49. The molecule has 0 aliphatic heterocycles. The minimum Gasteiger partial charge on any atom is -0.548 e. The molecule has 3 N–H and O–H groups in total. The number of aryl methyl sites for hydroxylation is 3. The fourth-order valence-corrected chi connectivity index (χ4v) is 4.58. The molecule has 0 radical (unpaired) electrons. The van der Waals surface area contributed by atoms with E-state index in [0.29, 0.717) is 38.6 Å². The quantitative estimate of drug-likeness (QED) is 0.312. The maximum Gasteiger partial charge on any atom is 0.340 e. The van der Waals surface area contributed by atoms with E-state index in [1.54, 1.807) is 25.3 Å². The van der Waals surface area contributed by atoms with Gasteiger partial charge in [0, 0.05) is 40.4 Å². The van der Waals surface area contributed by atoms with Gasteiger partial charge in [0.1, 0.15) is 22.7 Å². The number of benzene rings is 2. The lowest BCUT2D eigenvalue weighted by atomic mass is 10.0.